The summed E-state index contributed by atoms with van der Waals surface area (Å²) in [5.74, 6) is 1.01. The molecule has 1 amide bonds. The van der Waals surface area contributed by atoms with Crippen LogP contribution in [0.5, 0.6) is 11.5 Å². The summed E-state index contributed by atoms with van der Waals surface area (Å²) >= 11 is 0. The van der Waals surface area contributed by atoms with Gasteiger partial charge in [0.05, 0.1) is 13.7 Å². The molecule has 0 unspecified atom stereocenters. The highest BCUT2D eigenvalue weighted by Gasteiger charge is 2.09. The van der Waals surface area contributed by atoms with E-state index in [0.29, 0.717) is 18.0 Å². The molecule has 0 aliphatic rings. The third kappa shape index (κ3) is 5.67. The molecular formula is C21H22N2O3. The van der Waals surface area contributed by atoms with E-state index < -0.39 is 5.91 Å². The molecule has 2 aromatic rings. The smallest absolute Gasteiger partial charge is 0.266 e. The van der Waals surface area contributed by atoms with Gasteiger partial charge in [-0.2, -0.15) is 5.26 Å². The molecule has 0 aliphatic heterocycles. The Morgan fingerprint density at radius 1 is 1.12 bits per heavy atom. The number of anilines is 1. The standard InChI is InChI=1S/C21H22N2O3/c1-3-4-13-26-20-9-5-16(6-10-20)14-17(15-22)21(24)23-18-7-11-19(25-2)12-8-18/h5-12,14H,3-4,13H2,1-2H3,(H,23,24)/b17-14+. The Labute approximate surface area is 153 Å². The summed E-state index contributed by atoms with van der Waals surface area (Å²) < 4.78 is 10.7. The number of carbonyl (C=O) groups is 1. The lowest BCUT2D eigenvalue weighted by Crippen LogP contribution is -2.13. The molecular weight excluding hydrogens is 328 g/mol. The van der Waals surface area contributed by atoms with Crippen LogP contribution in [0, 0.1) is 11.3 Å². The van der Waals surface area contributed by atoms with Gasteiger partial charge in [-0.3, -0.25) is 4.79 Å². The van der Waals surface area contributed by atoms with Crippen LogP contribution < -0.4 is 14.8 Å². The van der Waals surface area contributed by atoms with Crippen molar-refractivity contribution in [3.63, 3.8) is 0 Å². The minimum Gasteiger partial charge on any atom is -0.497 e. The van der Waals surface area contributed by atoms with Crippen LogP contribution in [-0.4, -0.2) is 19.6 Å². The second-order valence-corrected chi connectivity index (χ2v) is 5.62. The number of nitrogens with one attached hydrogen (secondary N) is 1. The Bertz CT molecular complexity index is 788. The van der Waals surface area contributed by atoms with Crippen molar-refractivity contribution in [3.8, 4) is 17.6 Å². The number of hydrogen-bond donors (Lipinski definition) is 1. The van der Waals surface area contributed by atoms with E-state index in [1.54, 1.807) is 37.5 Å². The second kappa shape index (κ2) is 9.90. The molecule has 0 heterocycles. The van der Waals surface area contributed by atoms with Gasteiger partial charge in [0.2, 0.25) is 0 Å². The van der Waals surface area contributed by atoms with Gasteiger partial charge in [-0.1, -0.05) is 25.5 Å². The zero-order valence-corrected chi connectivity index (χ0v) is 15.0. The molecule has 0 saturated carbocycles. The summed E-state index contributed by atoms with van der Waals surface area (Å²) in [6, 6.07) is 16.2. The number of nitriles is 1. The number of unbranched alkanes of at least 4 members (excludes halogenated alkanes) is 1. The molecule has 1 N–H and O–H groups in total. The number of rotatable bonds is 8. The van der Waals surface area contributed by atoms with Crippen LogP contribution in [0.25, 0.3) is 6.08 Å². The van der Waals surface area contributed by atoms with Gasteiger partial charge < -0.3 is 14.8 Å². The highest BCUT2D eigenvalue weighted by atomic mass is 16.5. The maximum absolute atomic E-state index is 12.3. The fourth-order valence-electron chi connectivity index (χ4n) is 2.18. The third-order valence-electron chi connectivity index (χ3n) is 3.67. The van der Waals surface area contributed by atoms with E-state index in [-0.39, 0.29) is 5.57 Å². The van der Waals surface area contributed by atoms with E-state index in [1.807, 2.05) is 30.3 Å². The summed E-state index contributed by atoms with van der Waals surface area (Å²) in [5.41, 5.74) is 1.38. The molecule has 0 aromatic heterocycles. The number of hydrogen-bond acceptors (Lipinski definition) is 4. The number of ether oxygens (including phenoxy) is 2. The monoisotopic (exact) mass is 350 g/mol. The first-order valence-corrected chi connectivity index (χ1v) is 8.46. The first-order valence-electron chi connectivity index (χ1n) is 8.46. The highest BCUT2D eigenvalue weighted by molar-refractivity contribution is 6.09. The molecule has 5 heteroatoms. The summed E-state index contributed by atoms with van der Waals surface area (Å²) in [5, 5.41) is 12.0. The molecule has 0 atom stereocenters. The summed E-state index contributed by atoms with van der Waals surface area (Å²) in [6.45, 7) is 2.79. The zero-order chi connectivity index (χ0) is 18.8. The molecule has 0 radical (unpaired) electrons. The molecule has 2 aromatic carbocycles. The Kier molecular flexibility index (Phi) is 7.26. The van der Waals surface area contributed by atoms with Crippen molar-refractivity contribution in [2.24, 2.45) is 0 Å². The van der Waals surface area contributed by atoms with Crippen molar-refractivity contribution in [3.05, 3.63) is 59.7 Å². The van der Waals surface area contributed by atoms with Gasteiger partial charge in [0.15, 0.2) is 0 Å². The van der Waals surface area contributed by atoms with E-state index in [9.17, 15) is 10.1 Å². The molecule has 2 rings (SSSR count). The number of benzene rings is 2. The largest absolute Gasteiger partial charge is 0.497 e. The summed E-state index contributed by atoms with van der Waals surface area (Å²) in [7, 11) is 1.57. The number of methoxy groups -OCH3 is 1. The molecule has 0 fully saturated rings. The predicted octanol–water partition coefficient (Wildman–Crippen LogP) is 4.42. The average Bonchev–Trinajstić information content (AvgIpc) is 2.68. The Morgan fingerprint density at radius 2 is 1.77 bits per heavy atom. The van der Waals surface area contributed by atoms with E-state index in [1.165, 1.54) is 0 Å². The van der Waals surface area contributed by atoms with Crippen molar-refractivity contribution in [1.29, 1.82) is 5.26 Å². The molecule has 5 nitrogen and oxygen atoms in total. The van der Waals surface area contributed by atoms with Crippen LogP contribution in [0.1, 0.15) is 25.3 Å². The number of carbonyl (C=O) groups excluding carboxylic acids is 1. The van der Waals surface area contributed by atoms with Gasteiger partial charge in [-0.05, 0) is 54.5 Å². The molecule has 0 saturated heterocycles. The third-order valence-corrected chi connectivity index (χ3v) is 3.67. The van der Waals surface area contributed by atoms with E-state index in [4.69, 9.17) is 9.47 Å². The first kappa shape index (κ1) is 19.1. The van der Waals surface area contributed by atoms with Crippen LogP contribution >= 0.6 is 0 Å². The highest BCUT2D eigenvalue weighted by Crippen LogP contribution is 2.18. The summed E-state index contributed by atoms with van der Waals surface area (Å²) in [6.07, 6.45) is 3.64. The predicted molar refractivity (Wildman–Crippen MR) is 102 cm³/mol. The van der Waals surface area contributed by atoms with Gasteiger partial charge in [-0.25, -0.2) is 0 Å². The van der Waals surface area contributed by atoms with Crippen molar-refractivity contribution in [2.75, 3.05) is 19.0 Å². The van der Waals surface area contributed by atoms with Gasteiger partial charge >= 0.3 is 0 Å². The number of nitrogens with zero attached hydrogens (tertiary/aromatic N) is 1. The van der Waals surface area contributed by atoms with Crippen molar-refractivity contribution >= 4 is 17.7 Å². The van der Waals surface area contributed by atoms with Crippen molar-refractivity contribution in [1.82, 2.24) is 0 Å². The van der Waals surface area contributed by atoms with E-state index in [0.717, 1.165) is 24.2 Å². The quantitative estimate of drug-likeness (QED) is 0.434. The number of amides is 1. The zero-order valence-electron chi connectivity index (χ0n) is 15.0. The molecule has 26 heavy (non-hydrogen) atoms. The Morgan fingerprint density at radius 3 is 2.35 bits per heavy atom. The molecule has 0 aliphatic carbocycles. The first-order chi connectivity index (χ1) is 12.7. The fraction of sp³-hybridized carbons (Fsp3) is 0.238. The van der Waals surface area contributed by atoms with Crippen molar-refractivity contribution < 1.29 is 14.3 Å². The van der Waals surface area contributed by atoms with E-state index in [2.05, 4.69) is 12.2 Å². The lowest BCUT2D eigenvalue weighted by Gasteiger charge is -2.06. The minimum atomic E-state index is -0.457. The molecule has 0 spiro atoms. The van der Waals surface area contributed by atoms with Crippen molar-refractivity contribution in [2.45, 2.75) is 19.8 Å². The maximum Gasteiger partial charge on any atom is 0.266 e. The minimum absolute atomic E-state index is 0.0282. The second-order valence-electron chi connectivity index (χ2n) is 5.62. The molecule has 134 valence electrons. The van der Waals surface area contributed by atoms with Crippen LogP contribution in [0.4, 0.5) is 5.69 Å². The fourth-order valence-corrected chi connectivity index (χ4v) is 2.18. The van der Waals surface area contributed by atoms with Crippen LogP contribution in [0.3, 0.4) is 0 Å². The topological polar surface area (TPSA) is 71.3 Å². The lowest BCUT2D eigenvalue weighted by molar-refractivity contribution is -0.112. The van der Waals surface area contributed by atoms with Gasteiger partial charge in [-0.15, -0.1) is 0 Å². The summed E-state index contributed by atoms with van der Waals surface area (Å²) in [4.78, 5) is 12.3. The van der Waals surface area contributed by atoms with Gasteiger partial charge in [0.1, 0.15) is 23.1 Å². The van der Waals surface area contributed by atoms with Crippen LogP contribution in [-0.2, 0) is 4.79 Å². The van der Waals surface area contributed by atoms with Gasteiger partial charge in [0, 0.05) is 5.69 Å². The normalized spacial score (nSPS) is 10.7. The van der Waals surface area contributed by atoms with Gasteiger partial charge in [0.25, 0.3) is 5.91 Å². The molecule has 0 bridgehead atoms. The average molecular weight is 350 g/mol. The lowest BCUT2D eigenvalue weighted by atomic mass is 10.1. The van der Waals surface area contributed by atoms with Crippen LogP contribution in [0.2, 0.25) is 0 Å². The Hall–Kier alpha value is -3.26. The van der Waals surface area contributed by atoms with Crippen LogP contribution in [0.15, 0.2) is 54.1 Å². The van der Waals surface area contributed by atoms with E-state index >= 15 is 0 Å². The SMILES string of the molecule is CCCCOc1ccc(/C=C(\C#N)C(=O)Nc2ccc(OC)cc2)cc1. The Balaban J connectivity index is 2.03. The maximum atomic E-state index is 12.3.